The molecule has 0 aromatic carbocycles. The summed E-state index contributed by atoms with van der Waals surface area (Å²) in [5.41, 5.74) is -0.231. The van der Waals surface area contributed by atoms with Crippen molar-refractivity contribution in [2.45, 2.75) is 18.9 Å². The number of piperidine rings is 1. The molecule has 0 saturated carbocycles. The molecule has 1 unspecified atom stereocenters. The molecule has 3 N–H and O–H groups in total. The second kappa shape index (κ2) is 4.82. The highest BCUT2D eigenvalue weighted by Crippen LogP contribution is 2.03. The molecule has 6 nitrogen and oxygen atoms in total. The Kier molecular flexibility index (Phi) is 3.22. The molecular weight excluding hydrogens is 222 g/mol. The first-order valence-electron chi connectivity index (χ1n) is 5.41. The maximum absolute atomic E-state index is 11.8. The van der Waals surface area contributed by atoms with Crippen molar-refractivity contribution in [2.24, 2.45) is 0 Å². The molecule has 2 heterocycles. The summed E-state index contributed by atoms with van der Waals surface area (Å²) in [4.78, 5) is 36.8. The highest BCUT2D eigenvalue weighted by molar-refractivity contribution is 5.94. The lowest BCUT2D eigenvalue weighted by molar-refractivity contribution is -0.122. The minimum atomic E-state index is -0.409. The van der Waals surface area contributed by atoms with E-state index in [-0.39, 0.29) is 22.9 Å². The van der Waals surface area contributed by atoms with E-state index in [4.69, 9.17) is 0 Å². The van der Waals surface area contributed by atoms with Crippen LogP contribution in [0.2, 0.25) is 0 Å². The van der Waals surface area contributed by atoms with Crippen LogP contribution in [0.4, 0.5) is 0 Å². The number of carbonyl (C=O) groups excluding carboxylic acids is 2. The largest absolute Gasteiger partial charge is 0.367 e. The van der Waals surface area contributed by atoms with E-state index in [1.54, 1.807) is 0 Å². The molecule has 1 atom stereocenters. The average molecular weight is 235 g/mol. The zero-order valence-electron chi connectivity index (χ0n) is 9.16. The Labute approximate surface area is 97.4 Å². The molecule has 1 aliphatic rings. The third-order valence-corrected chi connectivity index (χ3v) is 2.67. The van der Waals surface area contributed by atoms with Gasteiger partial charge in [0.2, 0.25) is 5.91 Å². The quantitative estimate of drug-likeness (QED) is 0.638. The number of aromatic nitrogens is 1. The minimum Gasteiger partial charge on any atom is -0.367 e. The zero-order valence-corrected chi connectivity index (χ0v) is 9.16. The van der Waals surface area contributed by atoms with E-state index in [0.29, 0.717) is 19.4 Å². The fourth-order valence-corrected chi connectivity index (χ4v) is 1.71. The van der Waals surface area contributed by atoms with E-state index in [9.17, 15) is 14.4 Å². The lowest BCUT2D eigenvalue weighted by Crippen LogP contribution is -2.48. The van der Waals surface area contributed by atoms with Gasteiger partial charge in [-0.05, 0) is 6.42 Å². The van der Waals surface area contributed by atoms with Crippen LogP contribution in [0, 0.1) is 0 Å². The number of rotatable bonds is 2. The zero-order chi connectivity index (χ0) is 12.3. The molecule has 0 spiro atoms. The third kappa shape index (κ3) is 2.72. The lowest BCUT2D eigenvalue weighted by atomic mass is 10.1. The standard InChI is InChI=1S/C11H13N3O3/c15-9-3-4-12-6-8(9)11(17)14-7-1-2-10(16)13-5-7/h3-4,6-7H,1-2,5H2,(H,12,15)(H,13,16)(H,14,17). The van der Waals surface area contributed by atoms with Gasteiger partial charge in [0.15, 0.2) is 5.43 Å². The Morgan fingerprint density at radius 1 is 1.41 bits per heavy atom. The van der Waals surface area contributed by atoms with E-state index in [1.165, 1.54) is 18.5 Å². The van der Waals surface area contributed by atoms with Gasteiger partial charge in [-0.15, -0.1) is 0 Å². The van der Waals surface area contributed by atoms with E-state index in [1.807, 2.05) is 0 Å². The summed E-state index contributed by atoms with van der Waals surface area (Å²) in [6.07, 6.45) is 3.84. The Hall–Kier alpha value is -2.11. The van der Waals surface area contributed by atoms with Crippen LogP contribution in [-0.2, 0) is 4.79 Å². The summed E-state index contributed by atoms with van der Waals surface area (Å²) in [5.74, 6) is -0.416. The topological polar surface area (TPSA) is 91.1 Å². The molecular formula is C11H13N3O3. The molecule has 17 heavy (non-hydrogen) atoms. The second-order valence-electron chi connectivity index (χ2n) is 3.94. The van der Waals surface area contributed by atoms with Crippen LogP contribution in [0.5, 0.6) is 0 Å². The molecule has 1 aromatic rings. The molecule has 90 valence electrons. The number of pyridine rings is 1. The number of hydrogen-bond donors (Lipinski definition) is 3. The first kappa shape index (κ1) is 11.4. The fraction of sp³-hybridized carbons (Fsp3) is 0.364. The van der Waals surface area contributed by atoms with E-state index in [2.05, 4.69) is 15.6 Å². The minimum absolute atomic E-state index is 0.00643. The molecule has 6 heteroatoms. The molecule has 1 fully saturated rings. The molecule has 2 amide bonds. The van der Waals surface area contributed by atoms with Gasteiger partial charge in [0, 0.05) is 37.5 Å². The fourth-order valence-electron chi connectivity index (χ4n) is 1.71. The van der Waals surface area contributed by atoms with Crippen molar-refractivity contribution in [2.75, 3.05) is 6.54 Å². The number of carbonyl (C=O) groups is 2. The molecule has 1 saturated heterocycles. The Morgan fingerprint density at radius 2 is 2.24 bits per heavy atom. The summed E-state index contributed by atoms with van der Waals surface area (Å²) in [7, 11) is 0. The maximum atomic E-state index is 11.8. The van der Waals surface area contributed by atoms with Gasteiger partial charge in [-0.2, -0.15) is 0 Å². The van der Waals surface area contributed by atoms with E-state index < -0.39 is 5.91 Å². The van der Waals surface area contributed by atoms with Crippen molar-refractivity contribution in [3.05, 3.63) is 34.2 Å². The van der Waals surface area contributed by atoms with Gasteiger partial charge < -0.3 is 15.6 Å². The summed E-state index contributed by atoms with van der Waals surface area (Å²) in [6.45, 7) is 0.412. The molecule has 1 aliphatic heterocycles. The monoisotopic (exact) mass is 235 g/mol. The van der Waals surface area contributed by atoms with Gasteiger partial charge in [-0.1, -0.05) is 0 Å². The van der Waals surface area contributed by atoms with Gasteiger partial charge in [-0.25, -0.2) is 0 Å². The predicted octanol–water partition coefficient (Wildman–Crippen LogP) is -0.617. The van der Waals surface area contributed by atoms with Crippen LogP contribution in [0.25, 0.3) is 0 Å². The SMILES string of the molecule is O=C1CCC(NC(=O)c2c[nH]ccc2=O)CN1. The molecule has 1 aromatic heterocycles. The summed E-state index contributed by atoms with van der Waals surface area (Å²) >= 11 is 0. The van der Waals surface area contributed by atoms with Crippen molar-refractivity contribution in [1.82, 2.24) is 15.6 Å². The number of hydrogen-bond acceptors (Lipinski definition) is 3. The lowest BCUT2D eigenvalue weighted by Gasteiger charge is -2.23. The molecule has 0 aliphatic carbocycles. The van der Waals surface area contributed by atoms with Gasteiger partial charge in [0.25, 0.3) is 5.91 Å². The first-order valence-corrected chi connectivity index (χ1v) is 5.41. The Balaban J connectivity index is 2.00. The average Bonchev–Trinajstić information content (AvgIpc) is 2.32. The van der Waals surface area contributed by atoms with Gasteiger partial charge >= 0.3 is 0 Å². The van der Waals surface area contributed by atoms with Crippen LogP contribution in [0.1, 0.15) is 23.2 Å². The van der Waals surface area contributed by atoms with Crippen molar-refractivity contribution in [1.29, 1.82) is 0 Å². The van der Waals surface area contributed by atoms with E-state index >= 15 is 0 Å². The summed E-state index contributed by atoms with van der Waals surface area (Å²) in [6, 6.07) is 1.19. The normalized spacial score (nSPS) is 19.5. The van der Waals surface area contributed by atoms with Crippen molar-refractivity contribution in [3.63, 3.8) is 0 Å². The number of H-pyrrole nitrogens is 1. The van der Waals surface area contributed by atoms with Crippen LogP contribution in [0.3, 0.4) is 0 Å². The first-order chi connectivity index (χ1) is 8.16. The van der Waals surface area contributed by atoms with E-state index in [0.717, 1.165) is 0 Å². The van der Waals surface area contributed by atoms with Crippen LogP contribution in [-0.4, -0.2) is 29.4 Å². The number of nitrogens with one attached hydrogen (secondary N) is 3. The molecule has 0 radical (unpaired) electrons. The molecule has 0 bridgehead atoms. The highest BCUT2D eigenvalue weighted by Gasteiger charge is 2.20. The summed E-state index contributed by atoms with van der Waals surface area (Å²) < 4.78 is 0. The number of aromatic amines is 1. The summed E-state index contributed by atoms with van der Waals surface area (Å²) in [5, 5.41) is 5.39. The molecule has 2 rings (SSSR count). The van der Waals surface area contributed by atoms with Gasteiger partial charge in [0.1, 0.15) is 5.56 Å². The smallest absolute Gasteiger partial charge is 0.257 e. The second-order valence-corrected chi connectivity index (χ2v) is 3.94. The van der Waals surface area contributed by atoms with Gasteiger partial charge in [0.05, 0.1) is 0 Å². The Bertz CT molecular complexity index is 485. The van der Waals surface area contributed by atoms with Crippen LogP contribution >= 0.6 is 0 Å². The highest BCUT2D eigenvalue weighted by atomic mass is 16.2. The van der Waals surface area contributed by atoms with Crippen molar-refractivity contribution < 1.29 is 9.59 Å². The van der Waals surface area contributed by atoms with Crippen LogP contribution < -0.4 is 16.1 Å². The predicted molar refractivity (Wildman–Crippen MR) is 60.6 cm³/mol. The van der Waals surface area contributed by atoms with Gasteiger partial charge in [-0.3, -0.25) is 14.4 Å². The van der Waals surface area contributed by atoms with Crippen molar-refractivity contribution in [3.8, 4) is 0 Å². The maximum Gasteiger partial charge on any atom is 0.257 e. The van der Waals surface area contributed by atoms with Crippen molar-refractivity contribution >= 4 is 11.8 Å². The third-order valence-electron chi connectivity index (χ3n) is 2.67. The van der Waals surface area contributed by atoms with Crippen LogP contribution in [0.15, 0.2) is 23.3 Å². The Morgan fingerprint density at radius 3 is 2.88 bits per heavy atom. The number of amides is 2.